The molecule has 1 N–H and O–H groups in total. The lowest BCUT2D eigenvalue weighted by Crippen LogP contribution is -2.15. The van der Waals surface area contributed by atoms with E-state index in [4.69, 9.17) is 4.42 Å². The molecule has 1 aliphatic carbocycles. The molecule has 2 aromatic heterocycles. The summed E-state index contributed by atoms with van der Waals surface area (Å²) in [7, 11) is 0. The molecular formula is C13H14N2O. The fourth-order valence-electron chi connectivity index (χ4n) is 1.79. The third-order valence-corrected chi connectivity index (χ3v) is 2.87. The van der Waals surface area contributed by atoms with Crippen LogP contribution >= 0.6 is 0 Å². The predicted octanol–water partition coefficient (Wildman–Crippen LogP) is 2.59. The molecule has 82 valence electrons. The Hall–Kier alpha value is -1.61. The maximum Gasteiger partial charge on any atom is 0.125 e. The third kappa shape index (κ3) is 1.99. The van der Waals surface area contributed by atoms with E-state index < -0.39 is 0 Å². The van der Waals surface area contributed by atoms with E-state index in [0.29, 0.717) is 6.04 Å². The Morgan fingerprint density at radius 3 is 2.81 bits per heavy atom. The molecule has 0 bridgehead atoms. The van der Waals surface area contributed by atoms with Gasteiger partial charge in [-0.3, -0.25) is 4.98 Å². The molecule has 2 heterocycles. The van der Waals surface area contributed by atoms with Gasteiger partial charge in [-0.2, -0.15) is 0 Å². The van der Waals surface area contributed by atoms with Gasteiger partial charge in [-0.1, -0.05) is 0 Å². The summed E-state index contributed by atoms with van der Waals surface area (Å²) in [5.74, 6) is 1.01. The summed E-state index contributed by atoms with van der Waals surface area (Å²) in [4.78, 5) is 4.02. The second kappa shape index (κ2) is 4.10. The van der Waals surface area contributed by atoms with Gasteiger partial charge in [0.05, 0.1) is 12.8 Å². The highest BCUT2D eigenvalue weighted by molar-refractivity contribution is 5.64. The lowest BCUT2D eigenvalue weighted by Gasteiger charge is -2.03. The Morgan fingerprint density at radius 2 is 2.06 bits per heavy atom. The van der Waals surface area contributed by atoms with E-state index in [1.54, 1.807) is 18.7 Å². The average molecular weight is 214 g/mol. The molecule has 0 unspecified atom stereocenters. The van der Waals surface area contributed by atoms with Crippen LogP contribution in [0.15, 0.2) is 41.3 Å². The van der Waals surface area contributed by atoms with Crippen LogP contribution in [0.3, 0.4) is 0 Å². The van der Waals surface area contributed by atoms with Crippen molar-refractivity contribution in [3.63, 3.8) is 0 Å². The van der Waals surface area contributed by atoms with Gasteiger partial charge in [-0.05, 0) is 36.6 Å². The number of aromatic nitrogens is 1. The summed E-state index contributed by atoms with van der Waals surface area (Å²) in [5.41, 5.74) is 2.33. The molecule has 0 radical (unpaired) electrons. The van der Waals surface area contributed by atoms with Crippen LogP contribution in [0.2, 0.25) is 0 Å². The Kier molecular flexibility index (Phi) is 2.46. The maximum atomic E-state index is 5.51. The van der Waals surface area contributed by atoms with Gasteiger partial charge in [0.1, 0.15) is 5.76 Å². The van der Waals surface area contributed by atoms with E-state index in [1.165, 1.54) is 12.8 Å². The molecule has 0 aromatic carbocycles. The highest BCUT2D eigenvalue weighted by atomic mass is 16.3. The molecule has 0 saturated heterocycles. The Balaban J connectivity index is 1.81. The SMILES string of the molecule is c1cc(-c2ccoc2CNC2CC2)ccn1. The minimum absolute atomic E-state index is 0.704. The minimum Gasteiger partial charge on any atom is -0.467 e. The van der Waals surface area contributed by atoms with Crippen molar-refractivity contribution in [2.45, 2.75) is 25.4 Å². The summed E-state index contributed by atoms with van der Waals surface area (Å²) in [6, 6.07) is 6.73. The molecule has 0 aliphatic heterocycles. The second-order valence-electron chi connectivity index (χ2n) is 4.15. The molecular weight excluding hydrogens is 200 g/mol. The molecule has 16 heavy (non-hydrogen) atoms. The van der Waals surface area contributed by atoms with Crippen molar-refractivity contribution in [1.29, 1.82) is 0 Å². The predicted molar refractivity (Wildman–Crippen MR) is 61.8 cm³/mol. The van der Waals surface area contributed by atoms with E-state index in [-0.39, 0.29) is 0 Å². The lowest BCUT2D eigenvalue weighted by molar-refractivity contribution is 0.483. The molecule has 2 aromatic rings. The molecule has 0 spiro atoms. The molecule has 3 heteroatoms. The van der Waals surface area contributed by atoms with Crippen molar-refractivity contribution in [3.8, 4) is 11.1 Å². The van der Waals surface area contributed by atoms with E-state index in [0.717, 1.165) is 23.4 Å². The van der Waals surface area contributed by atoms with E-state index in [1.807, 2.05) is 18.2 Å². The van der Waals surface area contributed by atoms with Gasteiger partial charge in [-0.25, -0.2) is 0 Å². The van der Waals surface area contributed by atoms with Gasteiger partial charge in [0.15, 0.2) is 0 Å². The van der Waals surface area contributed by atoms with E-state index >= 15 is 0 Å². The van der Waals surface area contributed by atoms with E-state index in [9.17, 15) is 0 Å². The van der Waals surface area contributed by atoms with Crippen LogP contribution in [0.25, 0.3) is 11.1 Å². The minimum atomic E-state index is 0.704. The van der Waals surface area contributed by atoms with Gasteiger partial charge in [-0.15, -0.1) is 0 Å². The van der Waals surface area contributed by atoms with Crippen LogP contribution < -0.4 is 5.32 Å². The standard InChI is InChI=1S/C13H14N2O/c1-2-11(1)15-9-13-12(5-8-16-13)10-3-6-14-7-4-10/h3-8,11,15H,1-2,9H2. The van der Waals surface area contributed by atoms with Crippen LogP contribution in [0.5, 0.6) is 0 Å². The van der Waals surface area contributed by atoms with Crippen molar-refractivity contribution >= 4 is 0 Å². The summed E-state index contributed by atoms with van der Waals surface area (Å²) < 4.78 is 5.51. The fourth-order valence-corrected chi connectivity index (χ4v) is 1.79. The first-order valence-electron chi connectivity index (χ1n) is 5.63. The second-order valence-corrected chi connectivity index (χ2v) is 4.15. The number of nitrogens with zero attached hydrogens (tertiary/aromatic N) is 1. The number of pyridine rings is 1. The highest BCUT2D eigenvalue weighted by Crippen LogP contribution is 2.25. The third-order valence-electron chi connectivity index (χ3n) is 2.87. The van der Waals surface area contributed by atoms with Gasteiger partial charge < -0.3 is 9.73 Å². The zero-order valence-electron chi connectivity index (χ0n) is 9.02. The number of hydrogen-bond acceptors (Lipinski definition) is 3. The zero-order chi connectivity index (χ0) is 10.8. The van der Waals surface area contributed by atoms with Crippen LogP contribution in [0.1, 0.15) is 18.6 Å². The quantitative estimate of drug-likeness (QED) is 0.850. The number of hydrogen-bond donors (Lipinski definition) is 1. The van der Waals surface area contributed by atoms with Crippen LogP contribution in [-0.4, -0.2) is 11.0 Å². The molecule has 1 fully saturated rings. The fraction of sp³-hybridized carbons (Fsp3) is 0.308. The smallest absolute Gasteiger partial charge is 0.125 e. The number of nitrogens with one attached hydrogen (secondary N) is 1. The van der Waals surface area contributed by atoms with E-state index in [2.05, 4.69) is 10.3 Å². The van der Waals surface area contributed by atoms with Crippen LogP contribution in [-0.2, 0) is 6.54 Å². The summed E-state index contributed by atoms with van der Waals surface area (Å²) >= 11 is 0. The van der Waals surface area contributed by atoms with Gasteiger partial charge in [0.2, 0.25) is 0 Å². The topological polar surface area (TPSA) is 38.1 Å². The Bertz CT molecular complexity index is 460. The first kappa shape index (κ1) is 9.60. The number of rotatable bonds is 4. The maximum absolute atomic E-state index is 5.51. The van der Waals surface area contributed by atoms with Gasteiger partial charge >= 0.3 is 0 Å². The molecule has 1 saturated carbocycles. The van der Waals surface area contributed by atoms with Crippen LogP contribution in [0.4, 0.5) is 0 Å². The average Bonchev–Trinajstić information content (AvgIpc) is 3.05. The monoisotopic (exact) mass is 214 g/mol. The summed E-state index contributed by atoms with van der Waals surface area (Å²) in [5, 5.41) is 3.46. The van der Waals surface area contributed by atoms with Crippen molar-refractivity contribution in [1.82, 2.24) is 10.3 Å². The molecule has 0 atom stereocenters. The normalized spacial score (nSPS) is 15.2. The zero-order valence-corrected chi connectivity index (χ0v) is 9.02. The molecule has 3 nitrogen and oxygen atoms in total. The molecule has 1 aliphatic rings. The number of furan rings is 1. The highest BCUT2D eigenvalue weighted by Gasteiger charge is 2.21. The largest absolute Gasteiger partial charge is 0.467 e. The molecule has 0 amide bonds. The first-order chi connectivity index (χ1) is 7.93. The lowest BCUT2D eigenvalue weighted by atomic mass is 10.1. The summed E-state index contributed by atoms with van der Waals surface area (Å²) in [6.07, 6.45) is 7.96. The van der Waals surface area contributed by atoms with Gasteiger partial charge in [0, 0.05) is 24.0 Å². The van der Waals surface area contributed by atoms with Crippen molar-refractivity contribution in [2.75, 3.05) is 0 Å². The van der Waals surface area contributed by atoms with Crippen LogP contribution in [0, 0.1) is 0 Å². The van der Waals surface area contributed by atoms with Gasteiger partial charge in [0.25, 0.3) is 0 Å². The Morgan fingerprint density at radius 1 is 1.25 bits per heavy atom. The molecule has 3 rings (SSSR count). The van der Waals surface area contributed by atoms with Crippen molar-refractivity contribution in [3.05, 3.63) is 42.6 Å². The van der Waals surface area contributed by atoms with Crippen molar-refractivity contribution < 1.29 is 4.42 Å². The van der Waals surface area contributed by atoms with Crippen molar-refractivity contribution in [2.24, 2.45) is 0 Å². The summed E-state index contributed by atoms with van der Waals surface area (Å²) in [6.45, 7) is 0.815. The Labute approximate surface area is 94.5 Å². The first-order valence-corrected chi connectivity index (χ1v) is 5.63.